The van der Waals surface area contributed by atoms with Crippen molar-refractivity contribution in [3.63, 3.8) is 0 Å². The molecule has 0 aliphatic heterocycles. The number of nitrogens with zero attached hydrogens (tertiary/aromatic N) is 2. The van der Waals surface area contributed by atoms with Crippen LogP contribution < -0.4 is 4.74 Å². The Morgan fingerprint density at radius 3 is 2.72 bits per heavy atom. The van der Waals surface area contributed by atoms with Crippen LogP contribution in [-0.2, 0) is 16.0 Å². The Labute approximate surface area is 106 Å². The van der Waals surface area contributed by atoms with Gasteiger partial charge in [-0.15, -0.1) is 0 Å². The molecule has 0 aliphatic carbocycles. The fourth-order valence-corrected chi connectivity index (χ4v) is 1.82. The first-order valence-electron chi connectivity index (χ1n) is 5.91. The number of hydrogen-bond acceptors (Lipinski definition) is 4. The number of pyridine rings is 1. The van der Waals surface area contributed by atoms with E-state index >= 15 is 0 Å². The van der Waals surface area contributed by atoms with Crippen LogP contribution in [0.1, 0.15) is 0 Å². The SMILES string of the molecule is COCCOc1nccc2ccn(CCOC)c12. The highest BCUT2D eigenvalue weighted by molar-refractivity contribution is 5.84. The molecule has 0 saturated carbocycles. The van der Waals surface area contributed by atoms with Crippen molar-refractivity contribution in [2.75, 3.05) is 34.0 Å². The monoisotopic (exact) mass is 250 g/mol. The van der Waals surface area contributed by atoms with Crippen molar-refractivity contribution < 1.29 is 14.2 Å². The summed E-state index contributed by atoms with van der Waals surface area (Å²) in [6, 6.07) is 4.03. The molecule has 2 aromatic heterocycles. The summed E-state index contributed by atoms with van der Waals surface area (Å²) in [6.07, 6.45) is 3.78. The summed E-state index contributed by atoms with van der Waals surface area (Å²) in [7, 11) is 3.35. The highest BCUT2D eigenvalue weighted by Crippen LogP contribution is 2.24. The fourth-order valence-electron chi connectivity index (χ4n) is 1.82. The minimum absolute atomic E-state index is 0.498. The van der Waals surface area contributed by atoms with Gasteiger partial charge in [-0.25, -0.2) is 4.98 Å². The van der Waals surface area contributed by atoms with Crippen LogP contribution in [0.5, 0.6) is 5.88 Å². The Hall–Kier alpha value is -1.59. The highest BCUT2D eigenvalue weighted by atomic mass is 16.5. The molecular formula is C13H18N2O3. The molecule has 2 rings (SSSR count). The quantitative estimate of drug-likeness (QED) is 0.702. The number of methoxy groups -OCH3 is 2. The molecule has 0 amide bonds. The van der Waals surface area contributed by atoms with Crippen molar-refractivity contribution in [2.24, 2.45) is 0 Å². The molecule has 0 unspecified atom stereocenters. The van der Waals surface area contributed by atoms with Gasteiger partial charge in [0.25, 0.3) is 0 Å². The van der Waals surface area contributed by atoms with Gasteiger partial charge in [-0.05, 0) is 12.1 Å². The average molecular weight is 250 g/mol. The Balaban J connectivity index is 2.24. The van der Waals surface area contributed by atoms with Gasteiger partial charge in [-0.2, -0.15) is 0 Å². The van der Waals surface area contributed by atoms with Gasteiger partial charge in [-0.3, -0.25) is 0 Å². The van der Waals surface area contributed by atoms with Crippen molar-refractivity contribution in [2.45, 2.75) is 6.54 Å². The van der Waals surface area contributed by atoms with E-state index < -0.39 is 0 Å². The Morgan fingerprint density at radius 1 is 1.11 bits per heavy atom. The summed E-state index contributed by atoms with van der Waals surface area (Å²) in [6.45, 7) is 2.50. The van der Waals surface area contributed by atoms with E-state index in [0.717, 1.165) is 17.4 Å². The van der Waals surface area contributed by atoms with E-state index in [9.17, 15) is 0 Å². The largest absolute Gasteiger partial charge is 0.474 e. The van der Waals surface area contributed by atoms with Gasteiger partial charge in [-0.1, -0.05) is 0 Å². The first-order chi connectivity index (χ1) is 8.86. The summed E-state index contributed by atoms with van der Waals surface area (Å²) in [5.41, 5.74) is 1.01. The maximum atomic E-state index is 5.64. The van der Waals surface area contributed by atoms with Gasteiger partial charge >= 0.3 is 0 Å². The third-order valence-electron chi connectivity index (χ3n) is 2.71. The zero-order valence-electron chi connectivity index (χ0n) is 10.8. The standard InChI is InChI=1S/C13H18N2O3/c1-16-8-7-15-6-4-11-3-5-14-13(12(11)15)18-10-9-17-2/h3-6H,7-10H2,1-2H3. The number of fused-ring (bicyclic) bond motifs is 1. The number of aromatic nitrogens is 2. The fraction of sp³-hybridized carbons (Fsp3) is 0.462. The third-order valence-corrected chi connectivity index (χ3v) is 2.71. The number of rotatable bonds is 7. The summed E-state index contributed by atoms with van der Waals surface area (Å²) in [5.74, 6) is 0.644. The lowest BCUT2D eigenvalue weighted by Crippen LogP contribution is -2.08. The van der Waals surface area contributed by atoms with Crippen LogP contribution in [0, 0.1) is 0 Å². The third kappa shape index (κ3) is 2.80. The molecular weight excluding hydrogens is 232 g/mol. The molecule has 0 aliphatic rings. The maximum absolute atomic E-state index is 5.64. The van der Waals surface area contributed by atoms with Crippen LogP contribution in [0.3, 0.4) is 0 Å². The predicted octanol–water partition coefficient (Wildman–Crippen LogP) is 1.71. The van der Waals surface area contributed by atoms with Crippen molar-refractivity contribution in [1.82, 2.24) is 9.55 Å². The number of hydrogen-bond donors (Lipinski definition) is 0. The minimum Gasteiger partial charge on any atom is -0.474 e. The average Bonchev–Trinajstić information content (AvgIpc) is 2.81. The van der Waals surface area contributed by atoms with E-state index in [1.165, 1.54) is 0 Å². The van der Waals surface area contributed by atoms with E-state index in [1.54, 1.807) is 20.4 Å². The molecule has 0 aromatic carbocycles. The maximum Gasteiger partial charge on any atom is 0.238 e. The van der Waals surface area contributed by atoms with Gasteiger partial charge in [0.2, 0.25) is 5.88 Å². The van der Waals surface area contributed by atoms with Crippen LogP contribution >= 0.6 is 0 Å². The van der Waals surface area contributed by atoms with Crippen LogP contribution in [0.25, 0.3) is 10.9 Å². The second-order valence-corrected chi connectivity index (χ2v) is 3.90. The van der Waals surface area contributed by atoms with Crippen molar-refractivity contribution in [3.05, 3.63) is 24.5 Å². The van der Waals surface area contributed by atoms with E-state index in [4.69, 9.17) is 14.2 Å². The van der Waals surface area contributed by atoms with E-state index in [2.05, 4.69) is 15.6 Å². The van der Waals surface area contributed by atoms with Crippen LogP contribution in [0.15, 0.2) is 24.5 Å². The summed E-state index contributed by atoms with van der Waals surface area (Å²) in [5, 5.41) is 1.12. The highest BCUT2D eigenvalue weighted by Gasteiger charge is 2.08. The summed E-state index contributed by atoms with van der Waals surface area (Å²) < 4.78 is 17.8. The van der Waals surface area contributed by atoms with E-state index in [1.807, 2.05) is 12.3 Å². The van der Waals surface area contributed by atoms with Gasteiger partial charge in [0.15, 0.2) is 0 Å². The lowest BCUT2D eigenvalue weighted by Gasteiger charge is -2.09. The smallest absolute Gasteiger partial charge is 0.238 e. The molecule has 0 atom stereocenters. The molecule has 5 nitrogen and oxygen atoms in total. The lowest BCUT2D eigenvalue weighted by atomic mass is 10.3. The molecule has 0 spiro atoms. The first-order valence-corrected chi connectivity index (χ1v) is 5.91. The molecule has 5 heteroatoms. The molecule has 18 heavy (non-hydrogen) atoms. The zero-order chi connectivity index (χ0) is 12.8. The van der Waals surface area contributed by atoms with Gasteiger partial charge in [0.05, 0.1) is 13.2 Å². The van der Waals surface area contributed by atoms with Gasteiger partial charge in [0.1, 0.15) is 12.1 Å². The topological polar surface area (TPSA) is 45.5 Å². The molecule has 2 aromatic rings. The molecule has 98 valence electrons. The van der Waals surface area contributed by atoms with E-state index in [0.29, 0.717) is 25.7 Å². The van der Waals surface area contributed by atoms with Crippen molar-refractivity contribution in [3.8, 4) is 5.88 Å². The number of ether oxygens (including phenoxy) is 3. The molecule has 2 heterocycles. The molecule has 0 radical (unpaired) electrons. The molecule has 0 fully saturated rings. The molecule has 0 N–H and O–H groups in total. The van der Waals surface area contributed by atoms with Crippen LogP contribution in [-0.4, -0.2) is 43.6 Å². The predicted molar refractivity (Wildman–Crippen MR) is 69.0 cm³/mol. The first kappa shape index (κ1) is 12.9. The Bertz CT molecular complexity index is 496. The zero-order valence-corrected chi connectivity index (χ0v) is 10.8. The van der Waals surface area contributed by atoms with Gasteiger partial charge < -0.3 is 18.8 Å². The summed E-state index contributed by atoms with van der Waals surface area (Å²) in [4.78, 5) is 4.28. The second-order valence-electron chi connectivity index (χ2n) is 3.90. The Kier molecular flexibility index (Phi) is 4.55. The lowest BCUT2D eigenvalue weighted by molar-refractivity contribution is 0.144. The van der Waals surface area contributed by atoms with Crippen LogP contribution in [0.2, 0.25) is 0 Å². The van der Waals surface area contributed by atoms with Crippen LogP contribution in [0.4, 0.5) is 0 Å². The second kappa shape index (κ2) is 6.37. The van der Waals surface area contributed by atoms with Crippen molar-refractivity contribution in [1.29, 1.82) is 0 Å². The summed E-state index contributed by atoms with van der Waals surface area (Å²) >= 11 is 0. The van der Waals surface area contributed by atoms with Gasteiger partial charge in [0, 0.05) is 38.5 Å². The Morgan fingerprint density at radius 2 is 1.94 bits per heavy atom. The van der Waals surface area contributed by atoms with Crippen molar-refractivity contribution >= 4 is 10.9 Å². The normalized spacial score (nSPS) is 11.0. The minimum atomic E-state index is 0.498. The molecule has 0 saturated heterocycles. The van der Waals surface area contributed by atoms with E-state index in [-0.39, 0.29) is 0 Å². The molecule has 0 bridgehead atoms.